The Morgan fingerprint density at radius 1 is 0.864 bits per heavy atom. The lowest BCUT2D eigenvalue weighted by molar-refractivity contribution is 0.571. The number of sulfone groups is 1. The highest BCUT2D eigenvalue weighted by Gasteiger charge is 2.29. The van der Waals surface area contributed by atoms with Gasteiger partial charge in [-0.3, -0.25) is 0 Å². The Bertz CT molecular complexity index is 816. The van der Waals surface area contributed by atoms with Crippen LogP contribution in [-0.4, -0.2) is 29.6 Å². The molecule has 0 radical (unpaired) electrons. The lowest BCUT2D eigenvalue weighted by Crippen LogP contribution is -2.31. The number of sulfonamides is 1. The molecule has 2 aromatic carbocycles. The van der Waals surface area contributed by atoms with Crippen molar-refractivity contribution < 1.29 is 16.8 Å². The van der Waals surface area contributed by atoms with Gasteiger partial charge >= 0.3 is 0 Å². The molecule has 1 atom stereocenters. The van der Waals surface area contributed by atoms with Crippen molar-refractivity contribution >= 4 is 19.9 Å². The highest BCUT2D eigenvalue weighted by Crippen LogP contribution is 2.28. The molecule has 118 valence electrons. The number of nitrogens with one attached hydrogen (secondary N) is 1. The standard InChI is InChI=1S/C15H17NO4S2/c1-21(17,18)16-12-15(13-8-4-2-5-9-13)22(19,20)14-10-6-3-7-11-14/h2-11,15-16H,12H2,1H3/t15-/m0/s1. The van der Waals surface area contributed by atoms with Crippen molar-refractivity contribution in [3.05, 3.63) is 66.2 Å². The molecule has 0 amide bonds. The second-order valence-corrected chi connectivity index (χ2v) is 8.84. The fourth-order valence-electron chi connectivity index (χ4n) is 2.08. The summed E-state index contributed by atoms with van der Waals surface area (Å²) in [5.41, 5.74) is 0.544. The number of benzene rings is 2. The molecule has 0 aliphatic carbocycles. The first-order valence-electron chi connectivity index (χ1n) is 6.59. The molecule has 0 aliphatic rings. The Morgan fingerprint density at radius 2 is 1.36 bits per heavy atom. The van der Waals surface area contributed by atoms with E-state index in [0.29, 0.717) is 5.56 Å². The molecule has 7 heteroatoms. The van der Waals surface area contributed by atoms with Crippen LogP contribution in [0.25, 0.3) is 0 Å². The van der Waals surface area contributed by atoms with E-state index in [1.54, 1.807) is 48.5 Å². The van der Waals surface area contributed by atoms with Crippen molar-refractivity contribution in [1.82, 2.24) is 4.72 Å². The minimum Gasteiger partial charge on any atom is -0.223 e. The maximum absolute atomic E-state index is 12.8. The first-order chi connectivity index (χ1) is 10.3. The van der Waals surface area contributed by atoms with Crippen LogP contribution in [0.15, 0.2) is 65.6 Å². The van der Waals surface area contributed by atoms with Gasteiger partial charge in [-0.15, -0.1) is 0 Å². The molecule has 0 saturated heterocycles. The van der Waals surface area contributed by atoms with Gasteiger partial charge < -0.3 is 0 Å². The summed E-state index contributed by atoms with van der Waals surface area (Å²) < 4.78 is 50.6. The average molecular weight is 339 g/mol. The van der Waals surface area contributed by atoms with Gasteiger partial charge in [0.2, 0.25) is 10.0 Å². The minimum absolute atomic E-state index is 0.166. The topological polar surface area (TPSA) is 80.3 Å². The molecular formula is C15H17NO4S2. The van der Waals surface area contributed by atoms with Crippen molar-refractivity contribution in [3.63, 3.8) is 0 Å². The lowest BCUT2D eigenvalue weighted by Gasteiger charge is -2.18. The Labute approximate surface area is 131 Å². The normalized spacial score (nSPS) is 13.7. The molecule has 0 spiro atoms. The summed E-state index contributed by atoms with van der Waals surface area (Å²) in [4.78, 5) is 0.166. The number of hydrogen-bond donors (Lipinski definition) is 1. The third-order valence-corrected chi connectivity index (χ3v) is 5.96. The summed E-state index contributed by atoms with van der Waals surface area (Å²) in [5, 5.41) is -0.981. The van der Waals surface area contributed by atoms with Crippen LogP contribution in [0.3, 0.4) is 0 Å². The van der Waals surface area contributed by atoms with Crippen LogP contribution < -0.4 is 4.72 Å². The van der Waals surface area contributed by atoms with Gasteiger partial charge in [0.15, 0.2) is 9.84 Å². The first kappa shape index (κ1) is 16.7. The van der Waals surface area contributed by atoms with Gasteiger partial charge in [0.1, 0.15) is 5.25 Å². The van der Waals surface area contributed by atoms with E-state index in [1.165, 1.54) is 12.1 Å². The van der Waals surface area contributed by atoms with Crippen molar-refractivity contribution in [3.8, 4) is 0 Å². The zero-order valence-electron chi connectivity index (χ0n) is 12.0. The van der Waals surface area contributed by atoms with E-state index in [4.69, 9.17) is 0 Å². The molecule has 0 unspecified atom stereocenters. The van der Waals surface area contributed by atoms with Gasteiger partial charge in [0.05, 0.1) is 11.2 Å². The van der Waals surface area contributed by atoms with Crippen LogP contribution >= 0.6 is 0 Å². The summed E-state index contributed by atoms with van der Waals surface area (Å²) >= 11 is 0. The fourth-order valence-corrected chi connectivity index (χ4v) is 4.33. The van der Waals surface area contributed by atoms with E-state index < -0.39 is 25.1 Å². The number of hydrogen-bond acceptors (Lipinski definition) is 4. The van der Waals surface area contributed by atoms with Crippen LogP contribution in [0, 0.1) is 0 Å². The lowest BCUT2D eigenvalue weighted by atomic mass is 10.1. The molecular weight excluding hydrogens is 322 g/mol. The maximum atomic E-state index is 12.8. The zero-order valence-corrected chi connectivity index (χ0v) is 13.6. The van der Waals surface area contributed by atoms with E-state index in [1.807, 2.05) is 0 Å². The highest BCUT2D eigenvalue weighted by atomic mass is 32.2. The smallest absolute Gasteiger partial charge is 0.208 e. The second-order valence-electron chi connectivity index (χ2n) is 4.88. The SMILES string of the molecule is CS(=O)(=O)NC[C@@H](c1ccccc1)S(=O)(=O)c1ccccc1. The van der Waals surface area contributed by atoms with Crippen molar-refractivity contribution in [2.45, 2.75) is 10.1 Å². The largest absolute Gasteiger partial charge is 0.223 e. The summed E-state index contributed by atoms with van der Waals surface area (Å²) in [6.07, 6.45) is 1.00. The van der Waals surface area contributed by atoms with Crippen LogP contribution in [0.4, 0.5) is 0 Å². The van der Waals surface area contributed by atoms with E-state index in [2.05, 4.69) is 4.72 Å². The molecule has 22 heavy (non-hydrogen) atoms. The van der Waals surface area contributed by atoms with E-state index >= 15 is 0 Å². The van der Waals surface area contributed by atoms with Gasteiger partial charge in [0.25, 0.3) is 0 Å². The Morgan fingerprint density at radius 3 is 1.86 bits per heavy atom. The van der Waals surface area contributed by atoms with Crippen molar-refractivity contribution in [2.24, 2.45) is 0 Å². The predicted molar refractivity (Wildman–Crippen MR) is 85.7 cm³/mol. The van der Waals surface area contributed by atoms with Gasteiger partial charge in [-0.25, -0.2) is 21.6 Å². The molecule has 0 bridgehead atoms. The van der Waals surface area contributed by atoms with Gasteiger partial charge in [-0.2, -0.15) is 0 Å². The van der Waals surface area contributed by atoms with E-state index in [-0.39, 0.29) is 11.4 Å². The first-order valence-corrected chi connectivity index (χ1v) is 10.0. The Hall–Kier alpha value is -1.70. The fraction of sp³-hybridized carbons (Fsp3) is 0.200. The molecule has 5 nitrogen and oxygen atoms in total. The Balaban J connectivity index is 2.44. The monoisotopic (exact) mass is 339 g/mol. The van der Waals surface area contributed by atoms with Crippen molar-refractivity contribution in [1.29, 1.82) is 0 Å². The minimum atomic E-state index is -3.70. The molecule has 0 heterocycles. The molecule has 2 aromatic rings. The maximum Gasteiger partial charge on any atom is 0.208 e. The van der Waals surface area contributed by atoms with Gasteiger partial charge in [0, 0.05) is 6.54 Å². The van der Waals surface area contributed by atoms with Gasteiger partial charge in [-0.05, 0) is 17.7 Å². The molecule has 0 aromatic heterocycles. The quantitative estimate of drug-likeness (QED) is 0.869. The number of rotatable bonds is 6. The average Bonchev–Trinajstić information content (AvgIpc) is 2.48. The molecule has 2 rings (SSSR count). The summed E-state index contributed by atoms with van der Waals surface area (Å²) in [5.74, 6) is 0. The van der Waals surface area contributed by atoms with Gasteiger partial charge in [-0.1, -0.05) is 48.5 Å². The van der Waals surface area contributed by atoms with E-state index in [9.17, 15) is 16.8 Å². The van der Waals surface area contributed by atoms with Crippen LogP contribution in [0.2, 0.25) is 0 Å². The van der Waals surface area contributed by atoms with E-state index in [0.717, 1.165) is 6.26 Å². The molecule has 1 N–H and O–H groups in total. The predicted octanol–water partition coefficient (Wildman–Crippen LogP) is 1.75. The third-order valence-electron chi connectivity index (χ3n) is 3.15. The summed E-state index contributed by atoms with van der Waals surface area (Å²) in [6.45, 7) is -0.208. The second kappa shape index (κ2) is 6.60. The molecule has 0 saturated carbocycles. The zero-order chi connectivity index (χ0) is 16.2. The van der Waals surface area contributed by atoms with Crippen molar-refractivity contribution in [2.75, 3.05) is 12.8 Å². The van der Waals surface area contributed by atoms with Crippen LogP contribution in [0.1, 0.15) is 10.8 Å². The highest BCUT2D eigenvalue weighted by molar-refractivity contribution is 7.92. The third kappa shape index (κ3) is 4.16. The van der Waals surface area contributed by atoms with Crippen LogP contribution in [-0.2, 0) is 19.9 Å². The summed E-state index contributed by atoms with van der Waals surface area (Å²) in [7, 11) is -7.19. The Kier molecular flexibility index (Phi) is 5.00. The summed E-state index contributed by atoms with van der Waals surface area (Å²) in [6, 6.07) is 16.6. The molecule has 0 fully saturated rings. The van der Waals surface area contributed by atoms with Crippen LogP contribution in [0.5, 0.6) is 0 Å². The molecule has 0 aliphatic heterocycles.